The average Bonchev–Trinajstić information content (AvgIpc) is 2.85. The first-order valence-electron chi connectivity index (χ1n) is 10.8. The van der Waals surface area contributed by atoms with Crippen LogP contribution in [0, 0.1) is 0 Å². The summed E-state index contributed by atoms with van der Waals surface area (Å²) in [6.45, 7) is 2.91. The molecule has 0 aliphatic carbocycles. The van der Waals surface area contributed by atoms with Gasteiger partial charge in [0.15, 0.2) is 0 Å². The lowest BCUT2D eigenvalue weighted by atomic mass is 10.2. The number of piperidine rings is 1. The summed E-state index contributed by atoms with van der Waals surface area (Å²) in [7, 11) is -5.65. The van der Waals surface area contributed by atoms with Gasteiger partial charge in [0.25, 0.3) is 0 Å². The van der Waals surface area contributed by atoms with Crippen molar-refractivity contribution in [2.45, 2.75) is 29.1 Å². The summed E-state index contributed by atoms with van der Waals surface area (Å²) in [6.07, 6.45) is 2.75. The summed E-state index contributed by atoms with van der Waals surface area (Å²) >= 11 is 0. The van der Waals surface area contributed by atoms with Crippen molar-refractivity contribution >= 4 is 25.7 Å². The molecule has 0 aromatic heterocycles. The van der Waals surface area contributed by atoms with Crippen LogP contribution in [0.4, 0.5) is 5.69 Å². The van der Waals surface area contributed by atoms with Gasteiger partial charge in [0.2, 0.25) is 20.0 Å². The van der Waals surface area contributed by atoms with Crippen LogP contribution in [0.25, 0.3) is 0 Å². The van der Waals surface area contributed by atoms with Crippen molar-refractivity contribution in [3.8, 4) is 5.75 Å². The number of anilines is 1. The maximum absolute atomic E-state index is 13.1. The van der Waals surface area contributed by atoms with Crippen LogP contribution in [0.1, 0.15) is 19.3 Å². The molecule has 174 valence electrons. The Morgan fingerprint density at radius 3 is 1.56 bits per heavy atom. The number of sulfonamides is 2. The minimum Gasteiger partial charge on any atom is -0.497 e. The molecule has 0 atom stereocenters. The van der Waals surface area contributed by atoms with Gasteiger partial charge in [-0.15, -0.1) is 0 Å². The number of hydrogen-bond donors (Lipinski definition) is 0. The largest absolute Gasteiger partial charge is 0.497 e. The highest BCUT2D eigenvalue weighted by Crippen LogP contribution is 2.25. The van der Waals surface area contributed by atoms with Crippen molar-refractivity contribution in [3.63, 3.8) is 0 Å². The molecule has 0 N–H and O–H groups in total. The third-order valence-electron chi connectivity index (χ3n) is 6.09. The van der Waals surface area contributed by atoms with E-state index >= 15 is 0 Å². The zero-order valence-corrected chi connectivity index (χ0v) is 19.8. The van der Waals surface area contributed by atoms with E-state index in [-0.39, 0.29) is 9.79 Å². The first-order chi connectivity index (χ1) is 15.3. The highest BCUT2D eigenvalue weighted by molar-refractivity contribution is 7.89. The fourth-order valence-corrected chi connectivity index (χ4v) is 7.11. The van der Waals surface area contributed by atoms with Gasteiger partial charge in [0.1, 0.15) is 5.75 Å². The number of rotatable bonds is 6. The Kier molecular flexibility index (Phi) is 6.75. The van der Waals surface area contributed by atoms with Gasteiger partial charge in [-0.1, -0.05) is 6.42 Å². The van der Waals surface area contributed by atoms with E-state index in [9.17, 15) is 16.8 Å². The molecule has 0 spiro atoms. The van der Waals surface area contributed by atoms with Crippen molar-refractivity contribution in [1.29, 1.82) is 0 Å². The highest BCUT2D eigenvalue weighted by atomic mass is 32.2. The molecule has 2 heterocycles. The topological polar surface area (TPSA) is 87.2 Å². The van der Waals surface area contributed by atoms with Crippen molar-refractivity contribution in [1.82, 2.24) is 8.61 Å². The van der Waals surface area contributed by atoms with Crippen molar-refractivity contribution < 1.29 is 21.6 Å². The lowest BCUT2D eigenvalue weighted by Gasteiger charge is -2.35. The molecule has 0 bridgehead atoms. The van der Waals surface area contributed by atoms with E-state index in [1.807, 2.05) is 24.3 Å². The van der Waals surface area contributed by atoms with E-state index in [4.69, 9.17) is 4.74 Å². The van der Waals surface area contributed by atoms with Crippen molar-refractivity contribution in [2.24, 2.45) is 0 Å². The molecule has 2 aromatic rings. The molecule has 2 aliphatic heterocycles. The second-order valence-corrected chi connectivity index (χ2v) is 11.9. The van der Waals surface area contributed by atoms with E-state index in [0.29, 0.717) is 39.3 Å². The van der Waals surface area contributed by atoms with Crippen LogP contribution >= 0.6 is 0 Å². The highest BCUT2D eigenvalue weighted by Gasteiger charge is 2.30. The summed E-state index contributed by atoms with van der Waals surface area (Å²) < 4.78 is 60.0. The quantitative estimate of drug-likeness (QED) is 0.632. The SMILES string of the molecule is COc1ccc(N2CCN(S(=O)(=O)c3ccc(S(=O)(=O)N4CCCCC4)cc3)CC2)cc1. The van der Waals surface area contributed by atoms with Gasteiger partial charge in [-0.2, -0.15) is 8.61 Å². The number of methoxy groups -OCH3 is 1. The van der Waals surface area contributed by atoms with Crippen molar-refractivity contribution in [3.05, 3.63) is 48.5 Å². The molecular formula is C22H29N3O5S2. The van der Waals surface area contributed by atoms with Crippen LogP contribution in [0.2, 0.25) is 0 Å². The Morgan fingerprint density at radius 1 is 0.625 bits per heavy atom. The van der Waals surface area contributed by atoms with E-state index in [0.717, 1.165) is 30.7 Å². The first kappa shape index (κ1) is 23.0. The maximum atomic E-state index is 13.1. The molecule has 0 radical (unpaired) electrons. The lowest BCUT2D eigenvalue weighted by Crippen LogP contribution is -2.48. The van der Waals surface area contributed by atoms with Gasteiger partial charge < -0.3 is 9.64 Å². The Labute approximate surface area is 190 Å². The molecule has 2 saturated heterocycles. The third kappa shape index (κ3) is 4.63. The van der Waals surface area contributed by atoms with E-state index < -0.39 is 20.0 Å². The Balaban J connectivity index is 1.43. The van der Waals surface area contributed by atoms with E-state index in [2.05, 4.69) is 4.90 Å². The van der Waals surface area contributed by atoms with Gasteiger partial charge >= 0.3 is 0 Å². The second-order valence-electron chi connectivity index (χ2n) is 8.03. The molecule has 10 heteroatoms. The second kappa shape index (κ2) is 9.38. The first-order valence-corrected chi connectivity index (χ1v) is 13.7. The molecule has 4 rings (SSSR count). The monoisotopic (exact) mass is 479 g/mol. The van der Waals surface area contributed by atoms with Crippen LogP contribution < -0.4 is 9.64 Å². The van der Waals surface area contributed by atoms with Crippen LogP contribution in [0.5, 0.6) is 5.75 Å². The maximum Gasteiger partial charge on any atom is 0.243 e. The Morgan fingerprint density at radius 2 is 1.09 bits per heavy atom. The Bertz CT molecular complexity index is 1120. The van der Waals surface area contributed by atoms with Crippen LogP contribution in [-0.4, -0.2) is 71.8 Å². The molecule has 0 unspecified atom stereocenters. The third-order valence-corrected chi connectivity index (χ3v) is 9.92. The number of hydrogen-bond acceptors (Lipinski definition) is 6. The predicted octanol–water partition coefficient (Wildman–Crippen LogP) is 2.38. The number of piperazine rings is 1. The van der Waals surface area contributed by atoms with Gasteiger partial charge in [-0.3, -0.25) is 0 Å². The Hall–Kier alpha value is -2.14. The summed E-state index contributed by atoms with van der Waals surface area (Å²) in [5.74, 6) is 0.778. The number of ether oxygens (including phenoxy) is 1. The lowest BCUT2D eigenvalue weighted by molar-refractivity contribution is 0.346. The standard InChI is InChI=1S/C22H29N3O5S2/c1-30-20-7-5-19(6-8-20)23-15-17-25(18-16-23)32(28,29)22-11-9-21(10-12-22)31(26,27)24-13-3-2-4-14-24/h5-12H,2-4,13-18H2,1H3. The van der Waals surface area contributed by atoms with Gasteiger partial charge in [0, 0.05) is 45.0 Å². The number of nitrogens with zero attached hydrogens (tertiary/aromatic N) is 3. The van der Waals surface area contributed by atoms with Crippen LogP contribution in [-0.2, 0) is 20.0 Å². The normalized spacial score (nSPS) is 19.1. The fourth-order valence-electron chi connectivity index (χ4n) is 4.17. The summed E-state index contributed by atoms with van der Waals surface area (Å²) in [5.41, 5.74) is 1.02. The van der Waals surface area contributed by atoms with Gasteiger partial charge in [0.05, 0.1) is 16.9 Å². The minimum atomic E-state index is -3.69. The summed E-state index contributed by atoms with van der Waals surface area (Å²) in [6, 6.07) is 13.3. The zero-order valence-electron chi connectivity index (χ0n) is 18.2. The summed E-state index contributed by atoms with van der Waals surface area (Å²) in [4.78, 5) is 2.40. The molecule has 2 aliphatic rings. The predicted molar refractivity (Wildman–Crippen MR) is 123 cm³/mol. The molecule has 8 nitrogen and oxygen atoms in total. The van der Waals surface area contributed by atoms with Crippen molar-refractivity contribution in [2.75, 3.05) is 51.3 Å². The van der Waals surface area contributed by atoms with Crippen LogP contribution in [0.3, 0.4) is 0 Å². The number of benzene rings is 2. The zero-order chi connectivity index (χ0) is 22.8. The smallest absolute Gasteiger partial charge is 0.243 e. The molecule has 2 aromatic carbocycles. The van der Waals surface area contributed by atoms with E-state index in [1.54, 1.807) is 7.11 Å². The minimum absolute atomic E-state index is 0.119. The molecule has 0 amide bonds. The summed E-state index contributed by atoms with van der Waals surface area (Å²) in [5, 5.41) is 0. The van der Waals surface area contributed by atoms with Crippen LogP contribution in [0.15, 0.2) is 58.3 Å². The molecule has 2 fully saturated rings. The molecular weight excluding hydrogens is 450 g/mol. The van der Waals surface area contributed by atoms with Gasteiger partial charge in [-0.05, 0) is 61.4 Å². The fraction of sp³-hybridized carbons (Fsp3) is 0.455. The molecule has 0 saturated carbocycles. The average molecular weight is 480 g/mol. The van der Waals surface area contributed by atoms with E-state index in [1.165, 1.54) is 32.9 Å². The van der Waals surface area contributed by atoms with Gasteiger partial charge in [-0.25, -0.2) is 16.8 Å². The molecule has 32 heavy (non-hydrogen) atoms.